The molecule has 0 fully saturated rings. The van der Waals surface area contributed by atoms with Gasteiger partial charge in [0.05, 0.1) is 16.1 Å². The largest absolute Gasteiger partial charge is 0.339 e. The maximum Gasteiger partial charge on any atom is 0.261 e. The molecule has 1 aliphatic heterocycles. The first-order chi connectivity index (χ1) is 16.8. The van der Waals surface area contributed by atoms with Gasteiger partial charge in [0.15, 0.2) is 0 Å². The molecule has 8 nitrogen and oxygen atoms in total. The molecule has 0 aliphatic carbocycles. The molecular weight excluding hydrogens is 486 g/mol. The van der Waals surface area contributed by atoms with Crippen molar-refractivity contribution in [2.75, 3.05) is 17.8 Å². The van der Waals surface area contributed by atoms with Gasteiger partial charge < -0.3 is 4.90 Å². The number of carbonyl (C=O) groups is 1. The maximum absolute atomic E-state index is 12.6. The molecule has 0 spiro atoms. The van der Waals surface area contributed by atoms with Crippen molar-refractivity contribution in [3.63, 3.8) is 0 Å². The molecule has 2 aromatic carbocycles. The Kier molecular flexibility index (Phi) is 6.04. The van der Waals surface area contributed by atoms with Gasteiger partial charge >= 0.3 is 0 Å². The molecule has 1 N–H and O–H groups in total. The number of amides is 1. The van der Waals surface area contributed by atoms with E-state index in [4.69, 9.17) is 11.6 Å². The van der Waals surface area contributed by atoms with Gasteiger partial charge in [-0.05, 0) is 60.0 Å². The normalized spacial score (nSPS) is 14.1. The van der Waals surface area contributed by atoms with E-state index in [2.05, 4.69) is 20.9 Å². The molecule has 178 valence electrons. The Balaban J connectivity index is 1.40. The summed E-state index contributed by atoms with van der Waals surface area (Å²) in [6, 6.07) is 15.1. The lowest BCUT2D eigenvalue weighted by Gasteiger charge is -2.24. The van der Waals surface area contributed by atoms with Crippen LogP contribution in [-0.2, 0) is 14.8 Å². The van der Waals surface area contributed by atoms with Crippen LogP contribution in [-0.4, -0.2) is 46.9 Å². The van der Waals surface area contributed by atoms with E-state index in [-0.39, 0.29) is 10.8 Å². The second-order valence-corrected chi connectivity index (χ2v) is 10.4. The van der Waals surface area contributed by atoms with Crippen LogP contribution in [0.15, 0.2) is 78.1 Å². The summed E-state index contributed by atoms with van der Waals surface area (Å²) in [6.07, 6.45) is 6.32. The molecule has 0 atom stereocenters. The van der Waals surface area contributed by atoms with Crippen LogP contribution in [0.2, 0.25) is 5.02 Å². The van der Waals surface area contributed by atoms with E-state index >= 15 is 0 Å². The number of anilines is 1. The number of halogens is 1. The van der Waals surface area contributed by atoms with Gasteiger partial charge in [-0.1, -0.05) is 29.8 Å². The van der Waals surface area contributed by atoms with Gasteiger partial charge in [-0.25, -0.2) is 17.9 Å². The van der Waals surface area contributed by atoms with Crippen LogP contribution in [0.25, 0.3) is 22.3 Å². The molecule has 10 heteroatoms. The van der Waals surface area contributed by atoms with Gasteiger partial charge in [-0.15, -0.1) is 0 Å². The van der Waals surface area contributed by atoms with Gasteiger partial charge in [0.1, 0.15) is 6.33 Å². The third kappa shape index (κ3) is 4.78. The summed E-state index contributed by atoms with van der Waals surface area (Å²) in [5, 5.41) is 4.81. The standard InChI is InChI=1S/C25H22ClN5O3S/c1-17(32)30-12-10-18(11-13-30)20-14-24-25(27-16-28-31(24)15-20)19-2-6-22(7-3-19)29-35(33,34)23-8-4-21(26)5-9-23/h2-10,14-16,29H,11-13H2,1H3. The Labute approximate surface area is 207 Å². The quantitative estimate of drug-likeness (QED) is 0.429. The number of hydrogen-bond acceptors (Lipinski definition) is 5. The van der Waals surface area contributed by atoms with Crippen LogP contribution in [0.3, 0.4) is 0 Å². The number of carbonyl (C=O) groups excluding carboxylic acids is 1. The number of nitrogens with one attached hydrogen (secondary N) is 1. The number of nitrogens with zero attached hydrogens (tertiary/aromatic N) is 4. The smallest absolute Gasteiger partial charge is 0.261 e. The summed E-state index contributed by atoms with van der Waals surface area (Å²) in [7, 11) is -3.73. The highest BCUT2D eigenvalue weighted by molar-refractivity contribution is 7.92. The van der Waals surface area contributed by atoms with Crippen molar-refractivity contribution in [2.24, 2.45) is 0 Å². The monoisotopic (exact) mass is 507 g/mol. The van der Waals surface area contributed by atoms with Gasteiger partial charge in [0.2, 0.25) is 5.91 Å². The van der Waals surface area contributed by atoms with Crippen molar-refractivity contribution in [1.82, 2.24) is 19.5 Å². The predicted octanol–water partition coefficient (Wildman–Crippen LogP) is 4.49. The van der Waals surface area contributed by atoms with E-state index in [1.807, 2.05) is 29.3 Å². The molecule has 2 aromatic heterocycles. The van der Waals surface area contributed by atoms with Crippen LogP contribution in [0.1, 0.15) is 18.9 Å². The Morgan fingerprint density at radius 3 is 2.46 bits per heavy atom. The lowest BCUT2D eigenvalue weighted by molar-refractivity contribution is -0.128. The van der Waals surface area contributed by atoms with Crippen LogP contribution in [0, 0.1) is 0 Å². The van der Waals surface area contributed by atoms with Crippen molar-refractivity contribution in [1.29, 1.82) is 0 Å². The lowest BCUT2D eigenvalue weighted by atomic mass is 10.0. The zero-order chi connectivity index (χ0) is 24.6. The van der Waals surface area contributed by atoms with Crippen molar-refractivity contribution in [2.45, 2.75) is 18.2 Å². The average Bonchev–Trinajstić information content (AvgIpc) is 3.29. The number of aromatic nitrogens is 3. The highest BCUT2D eigenvalue weighted by Gasteiger charge is 2.18. The zero-order valence-corrected chi connectivity index (χ0v) is 20.4. The second-order valence-electron chi connectivity index (χ2n) is 8.25. The second kappa shape index (κ2) is 9.16. The van der Waals surface area contributed by atoms with E-state index in [1.54, 1.807) is 23.6 Å². The van der Waals surface area contributed by atoms with Gasteiger partial charge in [-0.3, -0.25) is 9.52 Å². The van der Waals surface area contributed by atoms with Crippen molar-refractivity contribution in [3.8, 4) is 11.3 Å². The molecular formula is C25H22ClN5O3S. The van der Waals surface area contributed by atoms with E-state index < -0.39 is 10.0 Å². The fraction of sp³-hybridized carbons (Fsp3) is 0.160. The molecule has 0 saturated heterocycles. The minimum Gasteiger partial charge on any atom is -0.339 e. The number of fused-ring (bicyclic) bond motifs is 1. The Bertz CT molecular complexity index is 1540. The van der Waals surface area contributed by atoms with E-state index in [1.165, 1.54) is 36.2 Å². The van der Waals surface area contributed by atoms with Crippen LogP contribution >= 0.6 is 11.6 Å². The van der Waals surface area contributed by atoms with Gasteiger partial charge in [0, 0.05) is 42.5 Å². The van der Waals surface area contributed by atoms with E-state index in [0.29, 0.717) is 23.8 Å². The summed E-state index contributed by atoms with van der Waals surface area (Å²) >= 11 is 5.86. The third-order valence-electron chi connectivity index (χ3n) is 5.97. The summed E-state index contributed by atoms with van der Waals surface area (Å²) in [5.74, 6) is 0.0781. The molecule has 0 bridgehead atoms. The fourth-order valence-corrected chi connectivity index (χ4v) is 5.25. The van der Waals surface area contributed by atoms with E-state index in [9.17, 15) is 13.2 Å². The summed E-state index contributed by atoms with van der Waals surface area (Å²) in [6.45, 7) is 2.88. The Morgan fingerprint density at radius 1 is 1.06 bits per heavy atom. The fourth-order valence-electron chi connectivity index (χ4n) is 4.07. The summed E-state index contributed by atoms with van der Waals surface area (Å²) < 4.78 is 29.7. The predicted molar refractivity (Wildman–Crippen MR) is 136 cm³/mol. The minimum atomic E-state index is -3.73. The van der Waals surface area contributed by atoms with Crippen molar-refractivity contribution in [3.05, 3.63) is 83.8 Å². The first-order valence-electron chi connectivity index (χ1n) is 11.0. The average molecular weight is 508 g/mol. The highest BCUT2D eigenvalue weighted by atomic mass is 35.5. The van der Waals surface area contributed by atoms with Crippen molar-refractivity contribution >= 4 is 44.3 Å². The first-order valence-corrected chi connectivity index (χ1v) is 12.8. The molecule has 0 radical (unpaired) electrons. The Hall–Kier alpha value is -3.69. The lowest BCUT2D eigenvalue weighted by Crippen LogP contribution is -2.32. The molecule has 0 saturated carbocycles. The topological polar surface area (TPSA) is 96.7 Å². The molecule has 1 amide bonds. The van der Waals surface area contributed by atoms with Gasteiger partial charge in [0.25, 0.3) is 10.0 Å². The Morgan fingerprint density at radius 2 is 1.80 bits per heavy atom. The molecule has 35 heavy (non-hydrogen) atoms. The third-order valence-corrected chi connectivity index (χ3v) is 7.61. The van der Waals surface area contributed by atoms with Crippen LogP contribution < -0.4 is 4.72 Å². The number of sulfonamides is 1. The van der Waals surface area contributed by atoms with Crippen molar-refractivity contribution < 1.29 is 13.2 Å². The molecule has 4 aromatic rings. The SMILES string of the molecule is CC(=O)N1CC=C(c2cc3c(-c4ccc(NS(=O)(=O)c5ccc(Cl)cc5)cc4)ncnn3c2)CC1. The number of hydrogen-bond donors (Lipinski definition) is 1. The highest BCUT2D eigenvalue weighted by Crippen LogP contribution is 2.29. The van der Waals surface area contributed by atoms with Crippen LogP contribution in [0.5, 0.6) is 0 Å². The number of rotatable bonds is 5. The van der Waals surface area contributed by atoms with E-state index in [0.717, 1.165) is 28.8 Å². The minimum absolute atomic E-state index is 0.0781. The zero-order valence-electron chi connectivity index (χ0n) is 18.8. The molecule has 3 heterocycles. The summed E-state index contributed by atoms with van der Waals surface area (Å²) in [4.78, 5) is 18.0. The summed E-state index contributed by atoms with van der Waals surface area (Å²) in [5.41, 5.74) is 5.06. The van der Waals surface area contributed by atoms with Crippen LogP contribution in [0.4, 0.5) is 5.69 Å². The number of benzene rings is 2. The maximum atomic E-state index is 12.6. The molecule has 5 rings (SSSR count). The van der Waals surface area contributed by atoms with Gasteiger partial charge in [-0.2, -0.15) is 5.10 Å². The molecule has 1 aliphatic rings. The molecule has 0 unspecified atom stereocenters. The first kappa shape index (κ1) is 23.1.